The molecule has 0 saturated heterocycles. The molecule has 39 heavy (non-hydrogen) atoms. The topological polar surface area (TPSA) is 49.4 Å². The number of thioether (sulfide) groups is 1. The lowest BCUT2D eigenvalue weighted by atomic mass is 9.94. The van der Waals surface area contributed by atoms with Gasteiger partial charge in [-0.25, -0.2) is 0 Å². The predicted octanol–water partition coefficient (Wildman–Crippen LogP) is 7.71. The molecule has 0 heterocycles. The van der Waals surface area contributed by atoms with E-state index >= 15 is 0 Å². The van der Waals surface area contributed by atoms with Crippen LogP contribution in [0.4, 0.5) is 0 Å². The summed E-state index contributed by atoms with van der Waals surface area (Å²) >= 11 is 14.4. The number of amides is 2. The predicted molar refractivity (Wildman–Crippen MR) is 163 cm³/mol. The molecule has 0 aromatic heterocycles. The molecule has 1 N–H and O–H groups in total. The van der Waals surface area contributed by atoms with Crippen LogP contribution >= 0.6 is 35.0 Å². The number of nitrogens with zero attached hydrogens (tertiary/aromatic N) is 1. The van der Waals surface area contributed by atoms with Crippen LogP contribution in [0.1, 0.15) is 55.2 Å². The highest BCUT2D eigenvalue weighted by Gasteiger charge is 2.32. The van der Waals surface area contributed by atoms with Crippen molar-refractivity contribution in [2.75, 3.05) is 5.75 Å². The van der Waals surface area contributed by atoms with Gasteiger partial charge in [0.2, 0.25) is 11.8 Å². The van der Waals surface area contributed by atoms with E-state index in [-0.39, 0.29) is 24.4 Å². The average Bonchev–Trinajstić information content (AvgIpc) is 2.95. The van der Waals surface area contributed by atoms with E-state index in [1.807, 2.05) is 54.6 Å². The van der Waals surface area contributed by atoms with Gasteiger partial charge in [0.1, 0.15) is 6.04 Å². The molecule has 3 aromatic rings. The van der Waals surface area contributed by atoms with Gasteiger partial charge in [-0.2, -0.15) is 11.8 Å². The van der Waals surface area contributed by atoms with Crippen LogP contribution in [0.2, 0.25) is 10.0 Å². The third kappa shape index (κ3) is 9.30. The molecule has 3 aromatic carbocycles. The summed E-state index contributed by atoms with van der Waals surface area (Å²) in [5.41, 5.74) is 3.02. The Morgan fingerprint density at radius 2 is 1.56 bits per heavy atom. The van der Waals surface area contributed by atoms with Gasteiger partial charge < -0.3 is 10.2 Å². The lowest BCUT2D eigenvalue weighted by Gasteiger charge is -2.33. The highest BCUT2D eigenvalue weighted by atomic mass is 35.5. The van der Waals surface area contributed by atoms with Crippen LogP contribution in [0.25, 0.3) is 0 Å². The average molecular weight is 584 g/mol. The quantitative estimate of drug-likeness (QED) is 0.222. The van der Waals surface area contributed by atoms with Crippen molar-refractivity contribution in [2.24, 2.45) is 0 Å². The van der Waals surface area contributed by atoms with Gasteiger partial charge in [-0.15, -0.1) is 0 Å². The summed E-state index contributed by atoms with van der Waals surface area (Å²) in [5, 5.41) is 4.31. The van der Waals surface area contributed by atoms with Crippen LogP contribution in [-0.4, -0.2) is 34.6 Å². The summed E-state index contributed by atoms with van der Waals surface area (Å²) in [5.74, 6) is 1.36. The number of carbonyl (C=O) groups is 2. The van der Waals surface area contributed by atoms with Crippen molar-refractivity contribution in [1.82, 2.24) is 10.2 Å². The summed E-state index contributed by atoms with van der Waals surface area (Å²) in [6.07, 6.45) is 6.19. The largest absolute Gasteiger partial charge is 0.352 e. The molecule has 7 heteroatoms. The lowest BCUT2D eigenvalue weighted by molar-refractivity contribution is -0.141. The number of nitrogens with one attached hydrogen (secondary N) is 1. The molecule has 1 atom stereocenters. The molecule has 1 saturated carbocycles. The summed E-state index contributed by atoms with van der Waals surface area (Å²) in [6, 6.07) is 25.0. The van der Waals surface area contributed by atoms with Crippen molar-refractivity contribution >= 4 is 46.8 Å². The van der Waals surface area contributed by atoms with E-state index in [0.717, 1.165) is 42.6 Å². The maximum Gasteiger partial charge on any atom is 0.243 e. The molecular weight excluding hydrogens is 547 g/mol. The molecule has 1 aliphatic rings. The van der Waals surface area contributed by atoms with Gasteiger partial charge >= 0.3 is 0 Å². The number of hydrogen-bond acceptors (Lipinski definition) is 3. The standard InChI is InChI=1S/C32H36Cl2N2O2S/c33-27-17-16-26(29(34)21-27)22-36(31(37)18-19-39-23-25-12-6-2-7-13-25)30(20-24-10-4-1-5-11-24)32(38)35-28-14-8-3-9-15-28/h1-2,4-7,10-13,16-17,21,28,30H,3,8-9,14-15,18-20,22-23H2,(H,35,38)/t30-/m0/s1. The van der Waals surface area contributed by atoms with Crippen molar-refractivity contribution < 1.29 is 9.59 Å². The molecule has 4 nitrogen and oxygen atoms in total. The first-order valence-corrected chi connectivity index (χ1v) is 15.6. The molecule has 1 aliphatic carbocycles. The minimum Gasteiger partial charge on any atom is -0.352 e. The van der Waals surface area contributed by atoms with E-state index in [4.69, 9.17) is 23.2 Å². The molecule has 206 valence electrons. The Labute approximate surface area is 246 Å². The van der Waals surface area contributed by atoms with Gasteiger partial charge in [-0.3, -0.25) is 9.59 Å². The minimum absolute atomic E-state index is 0.0543. The van der Waals surface area contributed by atoms with Crippen LogP contribution in [0.15, 0.2) is 78.9 Å². The van der Waals surface area contributed by atoms with Crippen LogP contribution in [0.5, 0.6) is 0 Å². The van der Waals surface area contributed by atoms with E-state index < -0.39 is 6.04 Å². The Morgan fingerprint density at radius 3 is 2.23 bits per heavy atom. The second-order valence-electron chi connectivity index (χ2n) is 10.1. The minimum atomic E-state index is -0.646. The maximum atomic E-state index is 13.8. The number of carbonyl (C=O) groups excluding carboxylic acids is 2. The molecule has 0 spiro atoms. The number of hydrogen-bond donors (Lipinski definition) is 1. The van der Waals surface area contributed by atoms with Crippen molar-refractivity contribution in [1.29, 1.82) is 0 Å². The fourth-order valence-corrected chi connectivity index (χ4v) is 6.36. The van der Waals surface area contributed by atoms with Crippen molar-refractivity contribution in [3.05, 3.63) is 106 Å². The van der Waals surface area contributed by atoms with Crippen LogP contribution in [0.3, 0.4) is 0 Å². The van der Waals surface area contributed by atoms with Crippen LogP contribution in [0, 0.1) is 0 Å². The van der Waals surface area contributed by atoms with Gasteiger partial charge in [-0.1, -0.05) is 109 Å². The molecule has 0 radical (unpaired) electrons. The summed E-state index contributed by atoms with van der Waals surface area (Å²) in [4.78, 5) is 29.4. The highest BCUT2D eigenvalue weighted by Crippen LogP contribution is 2.25. The molecule has 2 amide bonds. The molecular formula is C32H36Cl2N2O2S. The van der Waals surface area contributed by atoms with Crippen LogP contribution in [-0.2, 0) is 28.3 Å². The van der Waals surface area contributed by atoms with Gasteiger partial charge in [0.05, 0.1) is 0 Å². The van der Waals surface area contributed by atoms with Crippen molar-refractivity contribution in [3.63, 3.8) is 0 Å². The number of benzene rings is 3. The zero-order valence-electron chi connectivity index (χ0n) is 22.2. The normalized spacial score (nSPS) is 14.5. The zero-order chi connectivity index (χ0) is 27.5. The Bertz CT molecular complexity index is 1200. The monoisotopic (exact) mass is 582 g/mol. The number of rotatable bonds is 12. The summed E-state index contributed by atoms with van der Waals surface area (Å²) < 4.78 is 0. The molecule has 0 unspecified atom stereocenters. The first-order valence-electron chi connectivity index (χ1n) is 13.7. The maximum absolute atomic E-state index is 13.8. The fraction of sp³-hybridized carbons (Fsp3) is 0.375. The Hall–Kier alpha value is -2.47. The van der Waals surface area contributed by atoms with E-state index in [1.54, 1.807) is 28.8 Å². The van der Waals surface area contributed by atoms with Crippen molar-refractivity contribution in [3.8, 4) is 0 Å². The van der Waals surface area contributed by atoms with Gasteiger partial charge in [0.25, 0.3) is 0 Å². The first kappa shape index (κ1) is 29.5. The van der Waals surface area contributed by atoms with E-state index in [9.17, 15) is 9.59 Å². The summed E-state index contributed by atoms with van der Waals surface area (Å²) in [6.45, 7) is 0.244. The van der Waals surface area contributed by atoms with Crippen molar-refractivity contribution in [2.45, 2.75) is 69.3 Å². The Morgan fingerprint density at radius 1 is 0.897 bits per heavy atom. The second kappa shape index (κ2) is 15.4. The smallest absolute Gasteiger partial charge is 0.243 e. The Kier molecular flexibility index (Phi) is 11.6. The third-order valence-electron chi connectivity index (χ3n) is 7.15. The van der Waals surface area contributed by atoms with E-state index in [2.05, 4.69) is 17.4 Å². The van der Waals surface area contributed by atoms with E-state index in [0.29, 0.717) is 28.6 Å². The van der Waals surface area contributed by atoms with Gasteiger partial charge in [-0.05, 0) is 41.7 Å². The molecule has 0 aliphatic heterocycles. The van der Waals surface area contributed by atoms with Gasteiger partial charge in [0.15, 0.2) is 0 Å². The Balaban J connectivity index is 1.55. The summed E-state index contributed by atoms with van der Waals surface area (Å²) in [7, 11) is 0. The first-order chi connectivity index (χ1) is 19.0. The SMILES string of the molecule is O=C(NC1CCCCC1)[C@H](Cc1ccccc1)N(Cc1ccc(Cl)cc1Cl)C(=O)CCSCc1ccccc1. The molecule has 4 rings (SSSR count). The van der Waals surface area contributed by atoms with Gasteiger partial charge in [0, 0.05) is 47.0 Å². The molecule has 0 bridgehead atoms. The highest BCUT2D eigenvalue weighted by molar-refractivity contribution is 7.98. The molecule has 1 fully saturated rings. The fourth-order valence-electron chi connectivity index (χ4n) is 5.00. The van der Waals surface area contributed by atoms with E-state index in [1.165, 1.54) is 12.0 Å². The number of halogens is 2. The lowest BCUT2D eigenvalue weighted by Crippen LogP contribution is -2.53. The third-order valence-corrected chi connectivity index (χ3v) is 8.77. The second-order valence-corrected chi connectivity index (χ2v) is 12.0. The zero-order valence-corrected chi connectivity index (χ0v) is 24.5. The van der Waals surface area contributed by atoms with Crippen LogP contribution < -0.4 is 5.32 Å².